The van der Waals surface area contributed by atoms with E-state index in [9.17, 15) is 24.6 Å². The molecular formula is C24H32O8. The van der Waals surface area contributed by atoms with Crippen molar-refractivity contribution in [2.45, 2.75) is 84.4 Å². The molecular weight excluding hydrogens is 416 g/mol. The van der Waals surface area contributed by atoms with Gasteiger partial charge in [-0.3, -0.25) is 9.59 Å². The molecule has 8 atom stereocenters. The number of fused-ring (bicyclic) bond motifs is 4. The van der Waals surface area contributed by atoms with Gasteiger partial charge in [-0.1, -0.05) is 26.8 Å². The lowest BCUT2D eigenvalue weighted by atomic mass is 9.42. The Hall–Kier alpha value is -2.19. The normalized spacial score (nSPS) is 44.2. The minimum Gasteiger partial charge on any atom is -0.459 e. The van der Waals surface area contributed by atoms with Crippen molar-refractivity contribution >= 4 is 17.9 Å². The van der Waals surface area contributed by atoms with E-state index < -0.39 is 59.3 Å². The van der Waals surface area contributed by atoms with Crippen molar-refractivity contribution in [3.63, 3.8) is 0 Å². The summed E-state index contributed by atoms with van der Waals surface area (Å²) in [4.78, 5) is 36.3. The SMILES string of the molecule is CC(=O)OC1C=CC(C)(C)C2CC(OC(C)=O)C3(O)C(O)C4=C(C)C(=O)OC4CC3C12C. The summed E-state index contributed by atoms with van der Waals surface area (Å²) in [6, 6.07) is 0. The number of aliphatic hydroxyl groups is 2. The van der Waals surface area contributed by atoms with Crippen molar-refractivity contribution in [1.29, 1.82) is 0 Å². The van der Waals surface area contributed by atoms with Gasteiger partial charge in [-0.05, 0) is 37.2 Å². The Bertz CT molecular complexity index is 932. The number of rotatable bonds is 2. The van der Waals surface area contributed by atoms with Crippen LogP contribution in [-0.4, -0.2) is 58.1 Å². The van der Waals surface area contributed by atoms with Crippen molar-refractivity contribution < 1.29 is 38.8 Å². The Labute approximate surface area is 187 Å². The standard InChI is InChI=1S/C24H32O8/c1-11-19-14(32-21(11)28)9-16-23(6)15(22(4,5)8-7-17(23)30-12(2)25)10-18(31-13(3)26)24(16,29)20(19)27/h7-8,14-18,20,27,29H,9-10H2,1-6H3. The lowest BCUT2D eigenvalue weighted by Crippen LogP contribution is -2.74. The van der Waals surface area contributed by atoms with E-state index >= 15 is 0 Å². The number of ether oxygens (including phenoxy) is 3. The second-order valence-electron chi connectivity index (χ2n) is 10.5. The Morgan fingerprint density at radius 2 is 1.72 bits per heavy atom. The highest BCUT2D eigenvalue weighted by atomic mass is 16.6. The van der Waals surface area contributed by atoms with E-state index in [1.807, 2.05) is 19.1 Å². The van der Waals surface area contributed by atoms with Crippen LogP contribution in [0.3, 0.4) is 0 Å². The molecule has 4 aliphatic rings. The van der Waals surface area contributed by atoms with Crippen molar-refractivity contribution in [1.82, 2.24) is 0 Å². The van der Waals surface area contributed by atoms with Gasteiger partial charge >= 0.3 is 17.9 Å². The van der Waals surface area contributed by atoms with E-state index in [0.29, 0.717) is 5.57 Å². The zero-order valence-electron chi connectivity index (χ0n) is 19.4. The van der Waals surface area contributed by atoms with Gasteiger partial charge in [0.1, 0.15) is 30.0 Å². The Balaban J connectivity index is 1.92. The molecule has 0 aromatic carbocycles. The fraction of sp³-hybridized carbons (Fsp3) is 0.708. The molecule has 8 nitrogen and oxygen atoms in total. The van der Waals surface area contributed by atoms with Crippen molar-refractivity contribution in [2.75, 3.05) is 0 Å². The summed E-state index contributed by atoms with van der Waals surface area (Å²) < 4.78 is 16.9. The lowest BCUT2D eigenvalue weighted by molar-refractivity contribution is -0.280. The van der Waals surface area contributed by atoms with Crippen LogP contribution in [0.4, 0.5) is 0 Å². The smallest absolute Gasteiger partial charge is 0.334 e. The number of carbonyl (C=O) groups is 3. The first kappa shape index (κ1) is 23.0. The summed E-state index contributed by atoms with van der Waals surface area (Å²) in [7, 11) is 0. The molecule has 3 aliphatic carbocycles. The third-order valence-corrected chi connectivity index (χ3v) is 8.36. The van der Waals surface area contributed by atoms with E-state index in [4.69, 9.17) is 14.2 Å². The first-order valence-electron chi connectivity index (χ1n) is 11.1. The van der Waals surface area contributed by atoms with Gasteiger partial charge in [-0.2, -0.15) is 0 Å². The molecule has 2 fully saturated rings. The zero-order chi connectivity index (χ0) is 23.8. The molecule has 8 heteroatoms. The highest BCUT2D eigenvalue weighted by Crippen LogP contribution is 2.65. The van der Waals surface area contributed by atoms with E-state index in [-0.39, 0.29) is 29.7 Å². The molecule has 0 amide bonds. The summed E-state index contributed by atoms with van der Waals surface area (Å²) in [6.45, 7) is 10.2. The lowest BCUT2D eigenvalue weighted by Gasteiger charge is -2.65. The predicted octanol–water partition coefficient (Wildman–Crippen LogP) is 1.83. The third kappa shape index (κ3) is 2.99. The summed E-state index contributed by atoms with van der Waals surface area (Å²) >= 11 is 0. The average Bonchev–Trinajstić information content (AvgIpc) is 2.95. The van der Waals surface area contributed by atoms with E-state index in [1.54, 1.807) is 6.92 Å². The molecule has 0 radical (unpaired) electrons. The fourth-order valence-electron chi connectivity index (χ4n) is 6.94. The van der Waals surface area contributed by atoms with Crippen molar-refractivity contribution in [3.8, 4) is 0 Å². The number of carbonyl (C=O) groups excluding carboxylic acids is 3. The van der Waals surface area contributed by atoms with E-state index in [1.165, 1.54) is 13.8 Å². The van der Waals surface area contributed by atoms with Crippen LogP contribution < -0.4 is 0 Å². The van der Waals surface area contributed by atoms with Crippen molar-refractivity contribution in [2.24, 2.45) is 22.7 Å². The molecule has 1 heterocycles. The Morgan fingerprint density at radius 1 is 1.09 bits per heavy atom. The molecule has 0 bridgehead atoms. The van der Waals surface area contributed by atoms with Crippen LogP contribution in [0.2, 0.25) is 0 Å². The van der Waals surface area contributed by atoms with Gasteiger partial charge in [-0.15, -0.1) is 0 Å². The monoisotopic (exact) mass is 448 g/mol. The van der Waals surface area contributed by atoms with Gasteiger partial charge in [0, 0.05) is 36.3 Å². The molecule has 176 valence electrons. The van der Waals surface area contributed by atoms with Gasteiger partial charge in [0.2, 0.25) is 0 Å². The topological polar surface area (TPSA) is 119 Å². The van der Waals surface area contributed by atoms with Crippen LogP contribution in [0.5, 0.6) is 0 Å². The van der Waals surface area contributed by atoms with Crippen LogP contribution in [0.25, 0.3) is 0 Å². The molecule has 1 aliphatic heterocycles. The number of allylic oxidation sites excluding steroid dienone is 1. The highest BCUT2D eigenvalue weighted by molar-refractivity contribution is 5.92. The number of esters is 3. The first-order chi connectivity index (χ1) is 14.7. The second-order valence-corrected chi connectivity index (χ2v) is 10.5. The summed E-state index contributed by atoms with van der Waals surface area (Å²) in [5.74, 6) is -2.39. The van der Waals surface area contributed by atoms with Crippen LogP contribution in [0.15, 0.2) is 23.3 Å². The van der Waals surface area contributed by atoms with E-state index in [0.717, 1.165) is 0 Å². The van der Waals surface area contributed by atoms with Gasteiger partial charge in [0.15, 0.2) is 0 Å². The summed E-state index contributed by atoms with van der Waals surface area (Å²) in [5.41, 5.74) is -2.46. The van der Waals surface area contributed by atoms with Crippen LogP contribution >= 0.6 is 0 Å². The highest BCUT2D eigenvalue weighted by Gasteiger charge is 2.72. The summed E-state index contributed by atoms with van der Waals surface area (Å²) in [6.07, 6.45) is 0.498. The molecule has 32 heavy (non-hydrogen) atoms. The summed E-state index contributed by atoms with van der Waals surface area (Å²) in [5, 5.41) is 23.6. The molecule has 4 rings (SSSR count). The van der Waals surface area contributed by atoms with Crippen LogP contribution in [0, 0.1) is 22.7 Å². The quantitative estimate of drug-likeness (QED) is 0.373. The first-order valence-corrected chi connectivity index (χ1v) is 11.1. The van der Waals surface area contributed by atoms with Gasteiger partial charge in [0.25, 0.3) is 0 Å². The predicted molar refractivity (Wildman–Crippen MR) is 112 cm³/mol. The Morgan fingerprint density at radius 3 is 2.31 bits per heavy atom. The van der Waals surface area contributed by atoms with Gasteiger partial charge < -0.3 is 24.4 Å². The van der Waals surface area contributed by atoms with Gasteiger partial charge in [-0.25, -0.2) is 4.79 Å². The van der Waals surface area contributed by atoms with Crippen molar-refractivity contribution in [3.05, 3.63) is 23.3 Å². The molecule has 2 saturated carbocycles. The Kier molecular flexibility index (Phi) is 5.14. The van der Waals surface area contributed by atoms with Crippen LogP contribution in [0.1, 0.15) is 54.4 Å². The molecule has 2 N–H and O–H groups in total. The molecule has 0 saturated heterocycles. The maximum Gasteiger partial charge on any atom is 0.334 e. The zero-order valence-corrected chi connectivity index (χ0v) is 19.4. The minimum absolute atomic E-state index is 0.157. The molecule has 0 spiro atoms. The van der Waals surface area contributed by atoms with E-state index in [2.05, 4.69) is 13.8 Å². The maximum atomic E-state index is 12.3. The van der Waals surface area contributed by atoms with Crippen LogP contribution in [-0.2, 0) is 28.6 Å². The largest absolute Gasteiger partial charge is 0.459 e. The second kappa shape index (κ2) is 7.15. The fourth-order valence-corrected chi connectivity index (χ4v) is 6.94. The third-order valence-electron chi connectivity index (χ3n) is 8.36. The molecule has 0 aromatic heterocycles. The maximum absolute atomic E-state index is 12.3. The number of hydrogen-bond acceptors (Lipinski definition) is 8. The number of hydrogen-bond donors (Lipinski definition) is 2. The average molecular weight is 449 g/mol. The van der Waals surface area contributed by atoms with Gasteiger partial charge in [0.05, 0.1) is 0 Å². The minimum atomic E-state index is -1.88. The molecule has 8 unspecified atom stereocenters. The molecule has 0 aromatic rings. The number of aliphatic hydroxyl groups excluding tert-OH is 1.